The van der Waals surface area contributed by atoms with Gasteiger partial charge in [0.05, 0.1) is 12.1 Å². The van der Waals surface area contributed by atoms with Crippen LogP contribution in [0.25, 0.3) is 0 Å². The first-order chi connectivity index (χ1) is 9.60. The van der Waals surface area contributed by atoms with Crippen LogP contribution in [0.1, 0.15) is 58.3 Å². The molecule has 2 aliphatic carbocycles. The van der Waals surface area contributed by atoms with Crippen molar-refractivity contribution in [2.45, 2.75) is 63.8 Å². The number of carbonyl (C=O) groups is 1. The molecule has 0 saturated heterocycles. The molecule has 2 rings (SSSR count). The molecule has 0 aliphatic heterocycles. The molecule has 4 nitrogen and oxygen atoms in total. The molecule has 0 spiro atoms. The molecule has 116 valence electrons. The van der Waals surface area contributed by atoms with E-state index in [9.17, 15) is 9.90 Å². The highest BCUT2D eigenvalue weighted by Gasteiger charge is 2.39. The summed E-state index contributed by atoms with van der Waals surface area (Å²) in [5, 5.41) is 13.0. The minimum absolute atomic E-state index is 0.0504. The minimum atomic E-state index is -0.384. The maximum Gasteiger partial charge on any atom is 0.223 e. The van der Waals surface area contributed by atoms with Crippen LogP contribution in [0.2, 0.25) is 0 Å². The number of rotatable bonds is 4. The van der Waals surface area contributed by atoms with Crippen LogP contribution in [0.5, 0.6) is 0 Å². The molecule has 0 heterocycles. The molecule has 0 bridgehead atoms. The van der Waals surface area contributed by atoms with Crippen LogP contribution >= 0.6 is 0 Å². The van der Waals surface area contributed by atoms with E-state index >= 15 is 0 Å². The number of aliphatic hydroxyl groups is 1. The number of nitrogens with two attached hydrogens (primary N) is 1. The van der Waals surface area contributed by atoms with E-state index in [1.165, 1.54) is 12.8 Å². The maximum atomic E-state index is 12.6. The van der Waals surface area contributed by atoms with Crippen molar-refractivity contribution in [1.29, 1.82) is 0 Å². The van der Waals surface area contributed by atoms with Crippen molar-refractivity contribution in [3.8, 4) is 0 Å². The Hall–Kier alpha value is -0.610. The van der Waals surface area contributed by atoms with Gasteiger partial charge in [-0.05, 0) is 44.1 Å². The highest BCUT2D eigenvalue weighted by Crippen LogP contribution is 2.34. The Morgan fingerprint density at radius 2 is 2.05 bits per heavy atom. The number of aliphatic hydroxyl groups excluding tert-OH is 1. The average Bonchev–Trinajstić information content (AvgIpc) is 2.47. The number of hydrogen-bond acceptors (Lipinski definition) is 3. The van der Waals surface area contributed by atoms with Gasteiger partial charge >= 0.3 is 0 Å². The molecule has 2 fully saturated rings. The molecule has 2 aliphatic rings. The number of amides is 1. The van der Waals surface area contributed by atoms with Crippen molar-refractivity contribution in [3.05, 3.63) is 0 Å². The highest BCUT2D eigenvalue weighted by atomic mass is 16.3. The fraction of sp³-hybridized carbons (Fsp3) is 0.938. The quantitative estimate of drug-likeness (QED) is 0.736. The SMILES string of the molecule is CC1CCCC(CO)(NC(=O)C2CCCCC2CN)C1. The molecule has 4 N–H and O–H groups in total. The van der Waals surface area contributed by atoms with Crippen LogP contribution in [-0.2, 0) is 4.79 Å². The van der Waals surface area contributed by atoms with Gasteiger partial charge in [0.15, 0.2) is 0 Å². The smallest absolute Gasteiger partial charge is 0.223 e. The van der Waals surface area contributed by atoms with Crippen LogP contribution in [0.15, 0.2) is 0 Å². The Morgan fingerprint density at radius 1 is 1.30 bits per heavy atom. The Morgan fingerprint density at radius 3 is 2.70 bits per heavy atom. The fourth-order valence-corrected chi connectivity index (χ4v) is 4.15. The van der Waals surface area contributed by atoms with E-state index in [1.54, 1.807) is 0 Å². The van der Waals surface area contributed by atoms with E-state index in [-0.39, 0.29) is 24.0 Å². The van der Waals surface area contributed by atoms with E-state index in [0.29, 0.717) is 18.4 Å². The third-order valence-corrected chi connectivity index (χ3v) is 5.33. The summed E-state index contributed by atoms with van der Waals surface area (Å²) < 4.78 is 0. The van der Waals surface area contributed by atoms with Gasteiger partial charge in [-0.3, -0.25) is 4.79 Å². The van der Waals surface area contributed by atoms with Gasteiger partial charge in [-0.15, -0.1) is 0 Å². The zero-order valence-electron chi connectivity index (χ0n) is 12.7. The third-order valence-electron chi connectivity index (χ3n) is 5.33. The predicted octanol–water partition coefficient (Wildman–Crippen LogP) is 1.81. The first kappa shape index (κ1) is 15.8. The van der Waals surface area contributed by atoms with E-state index in [0.717, 1.165) is 38.5 Å². The van der Waals surface area contributed by atoms with Gasteiger partial charge in [-0.1, -0.05) is 32.6 Å². The summed E-state index contributed by atoms with van der Waals surface area (Å²) in [5.41, 5.74) is 5.44. The molecule has 4 heteroatoms. The number of nitrogens with one attached hydrogen (secondary N) is 1. The predicted molar refractivity (Wildman–Crippen MR) is 80.1 cm³/mol. The lowest BCUT2D eigenvalue weighted by Crippen LogP contribution is -2.56. The first-order valence-electron chi connectivity index (χ1n) is 8.23. The number of carbonyl (C=O) groups excluding carboxylic acids is 1. The lowest BCUT2D eigenvalue weighted by Gasteiger charge is -2.41. The summed E-state index contributed by atoms with van der Waals surface area (Å²) in [4.78, 5) is 12.6. The van der Waals surface area contributed by atoms with E-state index in [4.69, 9.17) is 5.73 Å². The lowest BCUT2D eigenvalue weighted by atomic mass is 9.75. The van der Waals surface area contributed by atoms with Crippen molar-refractivity contribution in [2.24, 2.45) is 23.5 Å². The van der Waals surface area contributed by atoms with Gasteiger partial charge < -0.3 is 16.2 Å². The van der Waals surface area contributed by atoms with Crippen LogP contribution in [0.4, 0.5) is 0 Å². The molecule has 1 amide bonds. The van der Waals surface area contributed by atoms with E-state index in [1.807, 2.05) is 0 Å². The Labute approximate surface area is 122 Å². The first-order valence-corrected chi connectivity index (χ1v) is 8.23. The summed E-state index contributed by atoms with van der Waals surface area (Å²) >= 11 is 0. The van der Waals surface area contributed by atoms with E-state index < -0.39 is 0 Å². The van der Waals surface area contributed by atoms with Crippen molar-refractivity contribution in [1.82, 2.24) is 5.32 Å². The minimum Gasteiger partial charge on any atom is -0.394 e. The molecule has 4 atom stereocenters. The Kier molecular flexibility index (Phi) is 5.44. The number of hydrogen-bond donors (Lipinski definition) is 3. The lowest BCUT2D eigenvalue weighted by molar-refractivity contribution is -0.131. The molecule has 0 aromatic carbocycles. The zero-order chi connectivity index (χ0) is 14.6. The summed E-state index contributed by atoms with van der Waals surface area (Å²) in [5.74, 6) is 1.08. The molecule has 0 aromatic rings. The van der Waals surface area contributed by atoms with Crippen LogP contribution in [0, 0.1) is 17.8 Å². The summed E-state index contributed by atoms with van der Waals surface area (Å²) in [6.07, 6.45) is 8.42. The zero-order valence-corrected chi connectivity index (χ0v) is 12.7. The summed E-state index contributed by atoms with van der Waals surface area (Å²) in [7, 11) is 0. The second-order valence-corrected chi connectivity index (χ2v) is 7.02. The second-order valence-electron chi connectivity index (χ2n) is 7.02. The average molecular weight is 282 g/mol. The topological polar surface area (TPSA) is 75.3 Å². The van der Waals surface area contributed by atoms with Gasteiger partial charge in [-0.25, -0.2) is 0 Å². The van der Waals surface area contributed by atoms with Gasteiger partial charge in [0, 0.05) is 5.92 Å². The molecule has 0 radical (unpaired) electrons. The van der Waals surface area contributed by atoms with E-state index in [2.05, 4.69) is 12.2 Å². The Balaban J connectivity index is 2.00. The van der Waals surface area contributed by atoms with Crippen molar-refractivity contribution in [2.75, 3.05) is 13.2 Å². The molecule has 4 unspecified atom stereocenters. The highest BCUT2D eigenvalue weighted by molar-refractivity contribution is 5.80. The normalized spacial score (nSPS) is 38.5. The van der Waals surface area contributed by atoms with Crippen molar-refractivity contribution < 1.29 is 9.90 Å². The standard InChI is InChI=1S/C16H30N2O2/c1-12-5-4-8-16(9-12,11-19)18-15(20)14-7-3-2-6-13(14)10-17/h12-14,19H,2-11,17H2,1H3,(H,18,20). The monoisotopic (exact) mass is 282 g/mol. The second kappa shape index (κ2) is 6.90. The van der Waals surface area contributed by atoms with Gasteiger partial charge in [0.1, 0.15) is 0 Å². The summed E-state index contributed by atoms with van der Waals surface area (Å²) in [6, 6.07) is 0. The molecule has 2 saturated carbocycles. The van der Waals surface area contributed by atoms with Crippen LogP contribution < -0.4 is 11.1 Å². The summed E-state index contributed by atoms with van der Waals surface area (Å²) in [6.45, 7) is 2.86. The van der Waals surface area contributed by atoms with Crippen LogP contribution in [0.3, 0.4) is 0 Å². The molecular formula is C16H30N2O2. The van der Waals surface area contributed by atoms with Gasteiger partial charge in [0.2, 0.25) is 5.91 Å². The molecule has 0 aromatic heterocycles. The molecule has 20 heavy (non-hydrogen) atoms. The van der Waals surface area contributed by atoms with Crippen molar-refractivity contribution in [3.63, 3.8) is 0 Å². The maximum absolute atomic E-state index is 12.6. The molecular weight excluding hydrogens is 252 g/mol. The van der Waals surface area contributed by atoms with Crippen molar-refractivity contribution >= 4 is 5.91 Å². The van der Waals surface area contributed by atoms with Crippen LogP contribution in [-0.4, -0.2) is 29.7 Å². The van der Waals surface area contributed by atoms with Gasteiger partial charge in [-0.2, -0.15) is 0 Å². The third kappa shape index (κ3) is 3.53. The largest absolute Gasteiger partial charge is 0.394 e. The van der Waals surface area contributed by atoms with Gasteiger partial charge in [0.25, 0.3) is 0 Å². The Bertz CT molecular complexity index is 334. The fourth-order valence-electron chi connectivity index (χ4n) is 4.15.